The van der Waals surface area contributed by atoms with Gasteiger partial charge in [-0.25, -0.2) is 8.42 Å². The summed E-state index contributed by atoms with van der Waals surface area (Å²) in [5.74, 6) is -0.173. The zero-order chi connectivity index (χ0) is 30.0. The fourth-order valence-electron chi connectivity index (χ4n) is 4.38. The molecule has 1 atom stereocenters. The smallest absolute Gasteiger partial charge is 0.264 e. The summed E-state index contributed by atoms with van der Waals surface area (Å²) in [6.45, 7) is 8.05. The number of ether oxygens (including phenoxy) is 1. The zero-order valence-electron chi connectivity index (χ0n) is 24.3. The van der Waals surface area contributed by atoms with Crippen molar-refractivity contribution in [3.8, 4) is 5.75 Å². The molecule has 41 heavy (non-hydrogen) atoms. The Morgan fingerprint density at radius 2 is 1.56 bits per heavy atom. The van der Waals surface area contributed by atoms with E-state index in [1.807, 2.05) is 58.2 Å². The van der Waals surface area contributed by atoms with Gasteiger partial charge in [-0.1, -0.05) is 36.8 Å². The van der Waals surface area contributed by atoms with Gasteiger partial charge in [0.15, 0.2) is 0 Å². The maximum atomic E-state index is 14.1. The van der Waals surface area contributed by atoms with Crippen LogP contribution >= 0.6 is 11.8 Å². The number of amides is 2. The molecule has 0 radical (unpaired) electrons. The number of hydrogen-bond acceptors (Lipinski definition) is 6. The van der Waals surface area contributed by atoms with E-state index in [2.05, 4.69) is 5.32 Å². The molecule has 220 valence electrons. The summed E-state index contributed by atoms with van der Waals surface area (Å²) in [5, 5.41) is 2.82. The first-order chi connectivity index (χ1) is 19.6. The number of sulfonamides is 1. The summed E-state index contributed by atoms with van der Waals surface area (Å²) < 4.78 is 34.7. The first-order valence-corrected chi connectivity index (χ1v) is 16.3. The Morgan fingerprint density at radius 1 is 0.927 bits per heavy atom. The van der Waals surface area contributed by atoms with E-state index in [-0.39, 0.29) is 17.3 Å². The number of anilines is 1. The van der Waals surface area contributed by atoms with Gasteiger partial charge in [-0.3, -0.25) is 13.9 Å². The maximum absolute atomic E-state index is 14.1. The van der Waals surface area contributed by atoms with E-state index in [0.29, 0.717) is 31.0 Å². The van der Waals surface area contributed by atoms with E-state index in [1.165, 1.54) is 16.7 Å². The lowest BCUT2D eigenvalue weighted by Gasteiger charge is -2.33. The van der Waals surface area contributed by atoms with Crippen molar-refractivity contribution >= 4 is 39.3 Å². The van der Waals surface area contributed by atoms with Crippen LogP contribution < -0.4 is 14.4 Å². The van der Waals surface area contributed by atoms with Gasteiger partial charge in [-0.15, -0.1) is 11.8 Å². The van der Waals surface area contributed by atoms with Gasteiger partial charge < -0.3 is 15.0 Å². The summed E-state index contributed by atoms with van der Waals surface area (Å²) in [6.07, 6.45) is 2.28. The number of nitrogens with one attached hydrogen (secondary N) is 1. The van der Waals surface area contributed by atoms with Gasteiger partial charge in [0.05, 0.1) is 17.2 Å². The zero-order valence-corrected chi connectivity index (χ0v) is 25.9. The van der Waals surface area contributed by atoms with Crippen LogP contribution in [0, 0.1) is 6.92 Å². The molecule has 2 amide bonds. The second-order valence-electron chi connectivity index (χ2n) is 9.44. The molecule has 0 unspecified atom stereocenters. The van der Waals surface area contributed by atoms with E-state index in [0.717, 1.165) is 20.3 Å². The molecule has 3 aromatic carbocycles. The Hall–Kier alpha value is -3.50. The van der Waals surface area contributed by atoms with Crippen LogP contribution in [0.1, 0.15) is 38.3 Å². The summed E-state index contributed by atoms with van der Waals surface area (Å²) >= 11 is 1.51. The Balaban J connectivity index is 2.05. The molecule has 0 aliphatic heterocycles. The molecular formula is C31H39N3O5S2. The molecule has 0 bridgehead atoms. The van der Waals surface area contributed by atoms with Gasteiger partial charge in [0.25, 0.3) is 10.0 Å². The summed E-state index contributed by atoms with van der Waals surface area (Å²) in [5.41, 5.74) is 2.23. The lowest BCUT2D eigenvalue weighted by atomic mass is 10.1. The SMILES string of the molecule is CCNC(=O)[C@@H](CC)N(Cc1ccc(C)cc1)C(=O)CN(c1ccc(OCC)cc1)S(=O)(=O)c1ccc(SC)cc1. The Labute approximate surface area is 248 Å². The monoisotopic (exact) mass is 597 g/mol. The summed E-state index contributed by atoms with van der Waals surface area (Å²) in [4.78, 5) is 29.6. The highest BCUT2D eigenvalue weighted by atomic mass is 32.2. The number of carbonyl (C=O) groups excluding carboxylic acids is 2. The third-order valence-electron chi connectivity index (χ3n) is 6.57. The number of aryl methyl sites for hydroxylation is 1. The van der Waals surface area contributed by atoms with Crippen LogP contribution in [0.25, 0.3) is 0 Å². The first-order valence-electron chi connectivity index (χ1n) is 13.7. The number of benzene rings is 3. The molecule has 0 heterocycles. The van der Waals surface area contributed by atoms with Crippen LogP contribution in [-0.2, 0) is 26.2 Å². The number of thioether (sulfide) groups is 1. The summed E-state index contributed by atoms with van der Waals surface area (Å²) in [7, 11) is -4.14. The van der Waals surface area contributed by atoms with E-state index < -0.39 is 28.5 Å². The van der Waals surface area contributed by atoms with Crippen LogP contribution in [0.4, 0.5) is 5.69 Å². The highest BCUT2D eigenvalue weighted by Crippen LogP contribution is 2.28. The first kappa shape index (κ1) is 32.0. The van der Waals surface area contributed by atoms with E-state index in [4.69, 9.17) is 4.74 Å². The van der Waals surface area contributed by atoms with Gasteiger partial charge in [-0.05, 0) is 87.5 Å². The van der Waals surface area contributed by atoms with Crippen LogP contribution in [0.3, 0.4) is 0 Å². The van der Waals surface area contributed by atoms with Crippen LogP contribution in [0.5, 0.6) is 5.75 Å². The Morgan fingerprint density at radius 3 is 2.10 bits per heavy atom. The van der Waals surface area contributed by atoms with E-state index in [1.54, 1.807) is 48.5 Å². The topological polar surface area (TPSA) is 96.0 Å². The van der Waals surface area contributed by atoms with Gasteiger partial charge in [-0.2, -0.15) is 0 Å². The van der Waals surface area contributed by atoms with Gasteiger partial charge in [0, 0.05) is 18.0 Å². The molecule has 0 aliphatic rings. The number of hydrogen-bond donors (Lipinski definition) is 1. The minimum absolute atomic E-state index is 0.0674. The predicted molar refractivity (Wildman–Crippen MR) is 165 cm³/mol. The normalized spacial score (nSPS) is 11.9. The number of likely N-dealkylation sites (N-methyl/N-ethyl adjacent to an activating group) is 1. The molecule has 3 aromatic rings. The largest absolute Gasteiger partial charge is 0.494 e. The fourth-order valence-corrected chi connectivity index (χ4v) is 6.20. The molecule has 0 fully saturated rings. The average molecular weight is 598 g/mol. The fraction of sp³-hybridized carbons (Fsp3) is 0.355. The molecule has 0 aromatic heterocycles. The van der Waals surface area contributed by atoms with E-state index >= 15 is 0 Å². The number of carbonyl (C=O) groups is 2. The van der Waals surface area contributed by atoms with Crippen LogP contribution in [0.2, 0.25) is 0 Å². The van der Waals surface area contributed by atoms with Crippen molar-refractivity contribution < 1.29 is 22.7 Å². The molecule has 0 saturated heterocycles. The van der Waals surface area contributed by atoms with Gasteiger partial charge in [0.1, 0.15) is 18.3 Å². The molecular weight excluding hydrogens is 558 g/mol. The standard InChI is InChI=1S/C31H39N3O5S2/c1-6-29(31(36)32-7-2)33(21-24-11-9-23(4)10-12-24)30(35)22-34(25-13-15-26(16-14-25)39-8-3)41(37,38)28-19-17-27(40-5)18-20-28/h9-20,29H,6-8,21-22H2,1-5H3,(H,32,36)/t29-/m1/s1. The van der Waals surface area contributed by atoms with Crippen LogP contribution in [0.15, 0.2) is 82.6 Å². The summed E-state index contributed by atoms with van der Waals surface area (Å²) in [6, 6.07) is 20.1. The van der Waals surface area contributed by atoms with Gasteiger partial charge >= 0.3 is 0 Å². The molecule has 0 saturated carbocycles. The highest BCUT2D eigenvalue weighted by molar-refractivity contribution is 7.98. The molecule has 1 N–H and O–H groups in total. The predicted octanol–water partition coefficient (Wildman–Crippen LogP) is 5.25. The highest BCUT2D eigenvalue weighted by Gasteiger charge is 2.33. The van der Waals surface area contributed by atoms with Crippen molar-refractivity contribution in [2.75, 3.05) is 30.3 Å². The van der Waals surface area contributed by atoms with Crippen molar-refractivity contribution in [1.82, 2.24) is 10.2 Å². The minimum Gasteiger partial charge on any atom is -0.494 e. The third-order valence-corrected chi connectivity index (χ3v) is 9.10. The van der Waals surface area contributed by atoms with Crippen molar-refractivity contribution in [2.45, 2.75) is 56.5 Å². The van der Waals surface area contributed by atoms with Crippen LogP contribution in [-0.4, -0.2) is 57.1 Å². The molecule has 8 nitrogen and oxygen atoms in total. The van der Waals surface area contributed by atoms with E-state index in [9.17, 15) is 18.0 Å². The lowest BCUT2D eigenvalue weighted by Crippen LogP contribution is -2.52. The minimum atomic E-state index is -4.14. The quantitative estimate of drug-likeness (QED) is 0.255. The Bertz CT molecular complexity index is 1390. The average Bonchev–Trinajstić information content (AvgIpc) is 2.97. The maximum Gasteiger partial charge on any atom is 0.264 e. The van der Waals surface area contributed by atoms with Crippen molar-refractivity contribution in [2.24, 2.45) is 0 Å². The van der Waals surface area contributed by atoms with Gasteiger partial charge in [0.2, 0.25) is 11.8 Å². The lowest BCUT2D eigenvalue weighted by molar-refractivity contribution is -0.140. The van der Waals surface area contributed by atoms with Crippen molar-refractivity contribution in [3.63, 3.8) is 0 Å². The van der Waals surface area contributed by atoms with Crippen molar-refractivity contribution in [1.29, 1.82) is 0 Å². The van der Waals surface area contributed by atoms with Crippen molar-refractivity contribution in [3.05, 3.63) is 83.9 Å². The molecule has 10 heteroatoms. The number of nitrogens with zero attached hydrogens (tertiary/aromatic N) is 2. The molecule has 0 spiro atoms. The Kier molecular flexibility index (Phi) is 11.7. The number of rotatable bonds is 14. The third kappa shape index (κ3) is 8.27. The molecule has 0 aliphatic carbocycles. The second-order valence-corrected chi connectivity index (χ2v) is 12.2. The molecule has 3 rings (SSSR count). The second kappa shape index (κ2) is 14.9.